The number of aliphatic carboxylic acids is 1. The van der Waals surface area contributed by atoms with E-state index in [0.717, 1.165) is 25.7 Å². The molecule has 2 aliphatic carbocycles. The average molecular weight is 809 g/mol. The average Bonchev–Trinajstić information content (AvgIpc) is 3.45. The van der Waals surface area contributed by atoms with Crippen molar-refractivity contribution in [1.82, 2.24) is 0 Å². The summed E-state index contributed by atoms with van der Waals surface area (Å²) >= 11 is 12.3. The number of ether oxygens (including phenoxy) is 3. The number of esters is 3. The zero-order valence-electron chi connectivity index (χ0n) is 33.0. The number of carbonyl (C=O) groups is 4. The third kappa shape index (κ3) is 9.24. The lowest BCUT2D eigenvalue weighted by Crippen LogP contribution is -2.38. The maximum absolute atomic E-state index is 14.3. The van der Waals surface area contributed by atoms with Crippen LogP contribution in [0.3, 0.4) is 0 Å². The molecule has 5 unspecified atom stereocenters. The van der Waals surface area contributed by atoms with Crippen LogP contribution in [0.4, 0.5) is 5.69 Å². The van der Waals surface area contributed by atoms with Crippen molar-refractivity contribution in [3.8, 4) is 11.5 Å². The standard InChI is InChI=1S/C44H51Cl2NO9/c1-8-9-12-30(33(23-37(48)49)41(53)56-42(2,3)4)29-13-10-11-14-31(29)39(51)54-35-22-28(47-24-25-19-27(45)21-34(46)38(25)50)15-16-32(35)40(52)55-36-20-26-17-18-44(36,7)43(26,5)6/h10-11,13-16,19,21-22,24,26,30,33,36,50H,8-9,12,17-18,20,23H2,1-7H3,(H,48,49). The van der Waals surface area contributed by atoms with Gasteiger partial charge in [-0.15, -0.1) is 0 Å². The Morgan fingerprint density at radius 3 is 2.34 bits per heavy atom. The summed E-state index contributed by atoms with van der Waals surface area (Å²) in [6.45, 7) is 13.7. The van der Waals surface area contributed by atoms with Crippen molar-refractivity contribution >= 4 is 59.0 Å². The molecule has 0 radical (unpaired) electrons. The fraction of sp³-hybridized carbons (Fsp3) is 0.477. The van der Waals surface area contributed by atoms with E-state index in [0.29, 0.717) is 24.3 Å². The largest absolute Gasteiger partial charge is 0.506 e. The number of aliphatic imine (C=N–C) groups is 1. The molecule has 3 aromatic carbocycles. The first-order chi connectivity index (χ1) is 26.3. The van der Waals surface area contributed by atoms with Crippen LogP contribution in [0, 0.1) is 22.7 Å². The molecule has 0 aromatic heterocycles. The van der Waals surface area contributed by atoms with Crippen LogP contribution in [0.2, 0.25) is 10.0 Å². The third-order valence-electron chi connectivity index (χ3n) is 11.8. The Balaban J connectivity index is 1.54. The van der Waals surface area contributed by atoms with Crippen molar-refractivity contribution in [2.75, 3.05) is 0 Å². The molecule has 0 spiro atoms. The topological polar surface area (TPSA) is 149 Å². The normalized spacial score (nSPS) is 21.1. The third-order valence-corrected chi connectivity index (χ3v) is 12.3. The van der Waals surface area contributed by atoms with Crippen LogP contribution >= 0.6 is 23.2 Å². The molecule has 5 atom stereocenters. The highest BCUT2D eigenvalue weighted by atomic mass is 35.5. The van der Waals surface area contributed by atoms with Gasteiger partial charge in [-0.2, -0.15) is 0 Å². The molecule has 3 aromatic rings. The van der Waals surface area contributed by atoms with Crippen LogP contribution in [0.5, 0.6) is 11.5 Å². The lowest BCUT2D eigenvalue weighted by atomic mass is 9.70. The Labute approximate surface area is 338 Å². The number of halogens is 2. The molecule has 56 heavy (non-hydrogen) atoms. The smallest absolute Gasteiger partial charge is 0.343 e. The minimum absolute atomic E-state index is 0.00708. The van der Waals surface area contributed by atoms with E-state index < -0.39 is 47.7 Å². The maximum Gasteiger partial charge on any atom is 0.343 e. The molecule has 0 saturated heterocycles. The van der Waals surface area contributed by atoms with Gasteiger partial charge in [0.25, 0.3) is 0 Å². The quantitative estimate of drug-likeness (QED) is 0.0922. The van der Waals surface area contributed by atoms with Gasteiger partial charge < -0.3 is 24.4 Å². The Bertz CT molecular complexity index is 2020. The van der Waals surface area contributed by atoms with Crippen LogP contribution < -0.4 is 4.74 Å². The highest BCUT2D eigenvalue weighted by molar-refractivity contribution is 6.36. The molecule has 0 amide bonds. The van der Waals surface area contributed by atoms with Gasteiger partial charge in [-0.3, -0.25) is 14.6 Å². The second kappa shape index (κ2) is 17.0. The minimum atomic E-state index is -1.18. The van der Waals surface area contributed by atoms with Crippen LogP contribution in [0.1, 0.15) is 131 Å². The summed E-state index contributed by atoms with van der Waals surface area (Å²) in [4.78, 5) is 58.5. The van der Waals surface area contributed by atoms with Gasteiger partial charge in [-0.1, -0.05) is 81.9 Å². The number of hydrogen-bond donors (Lipinski definition) is 2. The molecule has 2 N–H and O–H groups in total. The van der Waals surface area contributed by atoms with Gasteiger partial charge in [0.05, 0.1) is 28.6 Å². The van der Waals surface area contributed by atoms with Crippen molar-refractivity contribution in [3.05, 3.63) is 86.9 Å². The van der Waals surface area contributed by atoms with Gasteiger partial charge in [0, 0.05) is 28.3 Å². The monoisotopic (exact) mass is 807 g/mol. The van der Waals surface area contributed by atoms with Crippen molar-refractivity contribution in [3.63, 3.8) is 0 Å². The molecule has 5 rings (SSSR count). The fourth-order valence-corrected chi connectivity index (χ4v) is 8.80. The van der Waals surface area contributed by atoms with E-state index in [1.807, 2.05) is 6.92 Å². The van der Waals surface area contributed by atoms with Crippen LogP contribution in [0.15, 0.2) is 59.6 Å². The zero-order chi connectivity index (χ0) is 41.2. The number of phenols is 1. The van der Waals surface area contributed by atoms with E-state index in [-0.39, 0.29) is 60.9 Å². The molecule has 10 nitrogen and oxygen atoms in total. The van der Waals surface area contributed by atoms with Crippen molar-refractivity contribution < 1.29 is 43.6 Å². The number of fused-ring (bicyclic) bond motifs is 2. The second-order valence-corrected chi connectivity index (χ2v) is 17.6. The van der Waals surface area contributed by atoms with Gasteiger partial charge in [0.2, 0.25) is 0 Å². The number of nitrogens with zero attached hydrogens (tertiary/aromatic N) is 1. The van der Waals surface area contributed by atoms with Crippen molar-refractivity contribution in [2.45, 2.75) is 111 Å². The van der Waals surface area contributed by atoms with Crippen molar-refractivity contribution in [1.29, 1.82) is 0 Å². The SMILES string of the molecule is CCCCC(c1ccccc1C(=O)Oc1cc(N=Cc2cc(Cl)cc(Cl)c2O)ccc1C(=O)OC1CC2CCC1(C)C2(C)C)C(CC(=O)O)C(=O)OC(C)(C)C. The van der Waals surface area contributed by atoms with Crippen LogP contribution in [0.25, 0.3) is 0 Å². The van der Waals surface area contributed by atoms with E-state index in [1.165, 1.54) is 30.5 Å². The van der Waals surface area contributed by atoms with Gasteiger partial charge in [0.15, 0.2) is 0 Å². The summed E-state index contributed by atoms with van der Waals surface area (Å²) in [5.41, 5.74) is -0.0690. The Kier molecular flexibility index (Phi) is 13.0. The number of benzene rings is 3. The van der Waals surface area contributed by atoms with Crippen molar-refractivity contribution in [2.24, 2.45) is 27.7 Å². The van der Waals surface area contributed by atoms with E-state index in [2.05, 4.69) is 25.8 Å². The number of aromatic hydroxyl groups is 1. The van der Waals surface area contributed by atoms with Crippen LogP contribution in [-0.4, -0.2) is 52.0 Å². The first-order valence-corrected chi connectivity index (χ1v) is 19.8. The summed E-state index contributed by atoms with van der Waals surface area (Å²) in [7, 11) is 0. The predicted octanol–water partition coefficient (Wildman–Crippen LogP) is 10.7. The molecule has 12 heteroatoms. The lowest BCUT2D eigenvalue weighted by molar-refractivity contribution is -0.164. The molecular weight excluding hydrogens is 757 g/mol. The van der Waals surface area contributed by atoms with Gasteiger partial charge in [0.1, 0.15) is 28.8 Å². The molecule has 2 aliphatic rings. The van der Waals surface area contributed by atoms with E-state index in [9.17, 15) is 29.4 Å². The number of carbonyl (C=O) groups excluding carboxylic acids is 3. The van der Waals surface area contributed by atoms with Gasteiger partial charge >= 0.3 is 23.9 Å². The summed E-state index contributed by atoms with van der Waals surface area (Å²) in [5.74, 6) is -5.07. The Morgan fingerprint density at radius 1 is 1.00 bits per heavy atom. The van der Waals surface area contributed by atoms with E-state index in [4.69, 9.17) is 37.4 Å². The number of phenolic OH excluding ortho intramolecular Hbond substituents is 1. The minimum Gasteiger partial charge on any atom is -0.506 e. The summed E-state index contributed by atoms with van der Waals surface area (Å²) in [5, 5.41) is 20.7. The summed E-state index contributed by atoms with van der Waals surface area (Å²) < 4.78 is 18.0. The number of rotatable bonds is 14. The summed E-state index contributed by atoms with van der Waals surface area (Å²) in [6, 6.07) is 13.9. The number of hydrogen-bond acceptors (Lipinski definition) is 9. The number of unbranched alkanes of at least 4 members (excludes halogenated alkanes) is 1. The van der Waals surface area contributed by atoms with E-state index in [1.54, 1.807) is 51.1 Å². The number of carboxylic acids is 1. The lowest BCUT2D eigenvalue weighted by Gasteiger charge is -2.38. The summed E-state index contributed by atoms with van der Waals surface area (Å²) in [6.07, 6.45) is 5.05. The number of carboxylic acid groups (broad SMARTS) is 1. The fourth-order valence-electron chi connectivity index (χ4n) is 8.29. The first-order valence-electron chi connectivity index (χ1n) is 19.1. The molecular formula is C44H51Cl2NO9. The van der Waals surface area contributed by atoms with Crippen LogP contribution in [-0.2, 0) is 19.1 Å². The molecule has 0 aliphatic heterocycles. The highest BCUT2D eigenvalue weighted by Gasteiger charge is 2.63. The van der Waals surface area contributed by atoms with Gasteiger partial charge in [-0.25, -0.2) is 9.59 Å². The Morgan fingerprint density at radius 2 is 1.71 bits per heavy atom. The molecule has 2 bridgehead atoms. The molecule has 2 saturated carbocycles. The van der Waals surface area contributed by atoms with Gasteiger partial charge in [-0.05, 0) is 99.6 Å². The Hall–Kier alpha value is -4.41. The second-order valence-electron chi connectivity index (χ2n) is 16.7. The maximum atomic E-state index is 14.3. The highest BCUT2D eigenvalue weighted by Crippen LogP contribution is 2.66. The predicted molar refractivity (Wildman–Crippen MR) is 216 cm³/mol. The zero-order valence-corrected chi connectivity index (χ0v) is 34.5. The molecule has 0 heterocycles. The first kappa shape index (κ1) is 42.7. The molecule has 2 fully saturated rings. The molecule has 300 valence electrons. The van der Waals surface area contributed by atoms with E-state index >= 15 is 0 Å².